The van der Waals surface area contributed by atoms with Crippen molar-refractivity contribution in [3.05, 3.63) is 54.2 Å². The standard InChI is InChI=1S/C29H34FN7O4S/c1-5-22(37-13-10-18(41-3)11-14-37)28(38)34-21-9-12-31-26-19(16-32-27(21)26)25-17(2)15-33-29(36-25)35-20-7-6-8-23(24(20)30)42(4,39)40/h6-9,12,15-16,18,22,32H,5,10-11,13-14H2,1-4H3,(H,31,34,38)(H,33,35,36)/t22-/m1/s1. The minimum Gasteiger partial charge on any atom is -0.381 e. The molecular formula is C29H34FN7O4S. The van der Waals surface area contributed by atoms with Gasteiger partial charge in [-0.1, -0.05) is 13.0 Å². The van der Waals surface area contributed by atoms with Crippen LogP contribution in [0.1, 0.15) is 31.7 Å². The maximum Gasteiger partial charge on any atom is 0.241 e. The number of hydrogen-bond donors (Lipinski definition) is 3. The van der Waals surface area contributed by atoms with E-state index in [0.717, 1.165) is 37.8 Å². The van der Waals surface area contributed by atoms with Crippen molar-refractivity contribution in [3.63, 3.8) is 0 Å². The first-order valence-corrected chi connectivity index (χ1v) is 15.6. The second-order valence-electron chi connectivity index (χ2n) is 10.4. The number of piperidine rings is 1. The van der Waals surface area contributed by atoms with E-state index in [9.17, 15) is 17.6 Å². The molecule has 0 bridgehead atoms. The highest BCUT2D eigenvalue weighted by atomic mass is 32.2. The summed E-state index contributed by atoms with van der Waals surface area (Å²) in [6.07, 6.45) is 8.62. The number of carbonyl (C=O) groups excluding carboxylic acids is 1. The summed E-state index contributed by atoms with van der Waals surface area (Å²) in [4.78, 5) is 31.8. The number of fused-ring (bicyclic) bond motifs is 1. The van der Waals surface area contributed by atoms with Gasteiger partial charge in [0.05, 0.1) is 40.2 Å². The quantitative estimate of drug-likeness (QED) is 0.256. The molecule has 3 aromatic heterocycles. The van der Waals surface area contributed by atoms with E-state index in [-0.39, 0.29) is 29.7 Å². The largest absolute Gasteiger partial charge is 0.381 e. The van der Waals surface area contributed by atoms with Crippen LogP contribution in [0.15, 0.2) is 47.8 Å². The predicted molar refractivity (Wildman–Crippen MR) is 159 cm³/mol. The van der Waals surface area contributed by atoms with Crippen molar-refractivity contribution in [2.45, 2.75) is 50.2 Å². The van der Waals surface area contributed by atoms with Gasteiger partial charge in [-0.05, 0) is 49.9 Å². The molecule has 0 aliphatic carbocycles. The van der Waals surface area contributed by atoms with Gasteiger partial charge in [0.2, 0.25) is 11.9 Å². The lowest BCUT2D eigenvalue weighted by molar-refractivity contribution is -0.122. The van der Waals surface area contributed by atoms with Crippen molar-refractivity contribution in [2.75, 3.05) is 37.1 Å². The fourth-order valence-electron chi connectivity index (χ4n) is 5.35. The number of aromatic amines is 1. The molecule has 1 saturated heterocycles. The van der Waals surface area contributed by atoms with Crippen LogP contribution in [0.5, 0.6) is 0 Å². The maximum absolute atomic E-state index is 14.9. The Labute approximate surface area is 243 Å². The van der Waals surface area contributed by atoms with Gasteiger partial charge in [0.25, 0.3) is 0 Å². The monoisotopic (exact) mass is 595 g/mol. The van der Waals surface area contributed by atoms with Gasteiger partial charge in [0.15, 0.2) is 15.7 Å². The molecule has 13 heteroatoms. The van der Waals surface area contributed by atoms with Crippen LogP contribution in [0.3, 0.4) is 0 Å². The van der Waals surface area contributed by atoms with Crippen LogP contribution in [0, 0.1) is 12.7 Å². The zero-order chi connectivity index (χ0) is 30.0. The minimum absolute atomic E-state index is 0.0632. The molecule has 0 radical (unpaired) electrons. The van der Waals surface area contributed by atoms with Crippen LogP contribution in [-0.4, -0.2) is 77.8 Å². The van der Waals surface area contributed by atoms with Crippen LogP contribution >= 0.6 is 0 Å². The Morgan fingerprint density at radius 3 is 2.67 bits per heavy atom. The van der Waals surface area contributed by atoms with Crippen molar-refractivity contribution in [1.29, 1.82) is 0 Å². The Morgan fingerprint density at radius 2 is 1.98 bits per heavy atom. The fourth-order valence-corrected chi connectivity index (χ4v) is 6.11. The van der Waals surface area contributed by atoms with Crippen LogP contribution in [0.25, 0.3) is 22.3 Å². The number of hydrogen-bond acceptors (Lipinski definition) is 9. The van der Waals surface area contributed by atoms with Crippen molar-refractivity contribution < 1.29 is 22.3 Å². The average Bonchev–Trinajstić information content (AvgIpc) is 3.40. The molecule has 4 aromatic rings. The van der Waals surface area contributed by atoms with Crippen molar-refractivity contribution in [3.8, 4) is 11.3 Å². The first-order chi connectivity index (χ1) is 20.1. The molecule has 5 rings (SSSR count). The van der Waals surface area contributed by atoms with E-state index >= 15 is 0 Å². The molecule has 1 aromatic carbocycles. The zero-order valence-corrected chi connectivity index (χ0v) is 24.8. The van der Waals surface area contributed by atoms with Crippen molar-refractivity contribution in [1.82, 2.24) is 24.8 Å². The van der Waals surface area contributed by atoms with E-state index in [1.165, 1.54) is 18.2 Å². The number of nitrogens with zero attached hydrogens (tertiary/aromatic N) is 4. The average molecular weight is 596 g/mol. The number of nitrogens with one attached hydrogen (secondary N) is 3. The number of H-pyrrole nitrogens is 1. The van der Waals surface area contributed by atoms with Gasteiger partial charge in [-0.3, -0.25) is 14.7 Å². The molecule has 1 aliphatic rings. The number of amides is 1. The summed E-state index contributed by atoms with van der Waals surface area (Å²) in [5.74, 6) is -0.907. The smallest absolute Gasteiger partial charge is 0.241 e. The highest BCUT2D eigenvalue weighted by Crippen LogP contribution is 2.33. The normalized spacial score (nSPS) is 15.5. The SMILES string of the molecule is CC[C@H](C(=O)Nc1ccnc2c(-c3nc(Nc4cccc(S(C)(=O)=O)c4F)ncc3C)c[nH]c12)N1CCC(OC)CC1. The van der Waals surface area contributed by atoms with E-state index in [2.05, 4.69) is 35.5 Å². The highest BCUT2D eigenvalue weighted by molar-refractivity contribution is 7.90. The van der Waals surface area contributed by atoms with Gasteiger partial charge in [-0.2, -0.15) is 0 Å². The molecule has 1 fully saturated rings. The number of methoxy groups -OCH3 is 1. The summed E-state index contributed by atoms with van der Waals surface area (Å²) in [6.45, 7) is 5.45. The Bertz CT molecular complexity index is 1720. The summed E-state index contributed by atoms with van der Waals surface area (Å²) in [7, 11) is -2.03. The van der Waals surface area contributed by atoms with Crippen LogP contribution in [0.4, 0.5) is 21.7 Å². The number of likely N-dealkylation sites (tertiary alicyclic amines) is 1. The van der Waals surface area contributed by atoms with E-state index in [0.29, 0.717) is 34.4 Å². The Balaban J connectivity index is 1.41. The Hall–Kier alpha value is -3.94. The third kappa shape index (κ3) is 5.98. The number of aryl methyl sites for hydroxylation is 1. The van der Waals surface area contributed by atoms with Crippen molar-refractivity contribution in [2.24, 2.45) is 0 Å². The second-order valence-corrected chi connectivity index (χ2v) is 12.4. The molecule has 0 unspecified atom stereocenters. The lowest BCUT2D eigenvalue weighted by Crippen LogP contribution is -2.48. The number of benzene rings is 1. The van der Waals surface area contributed by atoms with E-state index in [4.69, 9.17) is 4.74 Å². The van der Waals surface area contributed by atoms with Crippen LogP contribution in [-0.2, 0) is 19.4 Å². The van der Waals surface area contributed by atoms with Gasteiger partial charge >= 0.3 is 0 Å². The number of sulfone groups is 1. The number of carbonyl (C=O) groups is 1. The molecule has 1 amide bonds. The third-order valence-electron chi connectivity index (χ3n) is 7.60. The second kappa shape index (κ2) is 12.1. The van der Waals surface area contributed by atoms with Gasteiger partial charge in [-0.25, -0.2) is 22.8 Å². The third-order valence-corrected chi connectivity index (χ3v) is 8.72. The topological polar surface area (TPSA) is 142 Å². The number of aromatic nitrogens is 4. The first-order valence-electron chi connectivity index (χ1n) is 13.7. The predicted octanol–water partition coefficient (Wildman–Crippen LogP) is 4.44. The number of pyridine rings is 1. The molecule has 4 heterocycles. The molecule has 1 atom stereocenters. The maximum atomic E-state index is 14.9. The molecule has 1 aliphatic heterocycles. The van der Waals surface area contributed by atoms with E-state index < -0.39 is 20.5 Å². The molecule has 11 nitrogen and oxygen atoms in total. The van der Waals surface area contributed by atoms with Gasteiger partial charge in [0.1, 0.15) is 4.90 Å². The number of rotatable bonds is 9. The molecule has 222 valence electrons. The number of anilines is 3. The summed E-state index contributed by atoms with van der Waals surface area (Å²) in [5, 5.41) is 5.88. The van der Waals surface area contributed by atoms with E-state index in [1.807, 2.05) is 13.8 Å². The highest BCUT2D eigenvalue weighted by Gasteiger charge is 2.29. The van der Waals surface area contributed by atoms with Crippen LogP contribution in [0.2, 0.25) is 0 Å². The lowest BCUT2D eigenvalue weighted by atomic mass is 10.0. The molecule has 0 spiro atoms. The summed E-state index contributed by atoms with van der Waals surface area (Å²) < 4.78 is 44.3. The minimum atomic E-state index is -3.76. The first kappa shape index (κ1) is 29.5. The summed E-state index contributed by atoms with van der Waals surface area (Å²) in [6, 6.07) is 5.55. The number of ether oxygens (including phenoxy) is 1. The van der Waals surface area contributed by atoms with Gasteiger partial charge < -0.3 is 20.4 Å². The molecular weight excluding hydrogens is 561 g/mol. The Kier molecular flexibility index (Phi) is 8.53. The number of halogens is 1. The molecule has 0 saturated carbocycles. The summed E-state index contributed by atoms with van der Waals surface area (Å²) in [5.41, 5.74) is 3.74. The fraction of sp³-hybridized carbons (Fsp3) is 0.379. The van der Waals surface area contributed by atoms with E-state index in [1.54, 1.807) is 31.8 Å². The van der Waals surface area contributed by atoms with Crippen LogP contribution < -0.4 is 10.6 Å². The molecule has 3 N–H and O–H groups in total. The van der Waals surface area contributed by atoms with Gasteiger partial charge in [0, 0.05) is 50.6 Å². The lowest BCUT2D eigenvalue weighted by Gasteiger charge is -2.35. The van der Waals surface area contributed by atoms with Crippen molar-refractivity contribution >= 4 is 44.1 Å². The Morgan fingerprint density at radius 1 is 1.21 bits per heavy atom. The molecule has 42 heavy (non-hydrogen) atoms. The van der Waals surface area contributed by atoms with Gasteiger partial charge in [-0.15, -0.1) is 0 Å². The zero-order valence-electron chi connectivity index (χ0n) is 23.9. The summed E-state index contributed by atoms with van der Waals surface area (Å²) >= 11 is 0.